The number of hydrogen-bond acceptors (Lipinski definition) is 5. The van der Waals surface area contributed by atoms with E-state index in [1.165, 1.54) is 36.4 Å². The maximum absolute atomic E-state index is 13.0. The van der Waals surface area contributed by atoms with Gasteiger partial charge in [0.2, 0.25) is 0 Å². The number of amides is 1. The number of aryl methyl sites for hydroxylation is 3. The molecule has 0 fully saturated rings. The molecule has 4 rings (SSSR count). The summed E-state index contributed by atoms with van der Waals surface area (Å²) < 4.78 is 56.8. The van der Waals surface area contributed by atoms with E-state index in [9.17, 15) is 21.6 Å². The lowest BCUT2D eigenvalue weighted by molar-refractivity contribution is 0.102. The number of nitrogens with one attached hydrogen (secondary N) is 3. The molecular weight excluding hydrogens is 522 g/mol. The lowest BCUT2D eigenvalue weighted by atomic mass is 10.1. The van der Waals surface area contributed by atoms with Gasteiger partial charge in [0.05, 0.1) is 15.5 Å². The van der Waals surface area contributed by atoms with Crippen LogP contribution in [0.25, 0.3) is 0 Å². The summed E-state index contributed by atoms with van der Waals surface area (Å²) in [5, 5.41) is 2.68. The average Bonchev–Trinajstić information content (AvgIpc) is 2.87. The summed E-state index contributed by atoms with van der Waals surface area (Å²) in [7, 11) is -7.78. The SMILES string of the molecule is Cc1ccc(C(=O)Nc2ccc(S(=O)(=O)Nc3c(C)cccc3C)cc2)cc1S(=O)(=O)Nc1ccccc1. The Morgan fingerprint density at radius 2 is 1.24 bits per heavy atom. The minimum Gasteiger partial charge on any atom is -0.322 e. The summed E-state index contributed by atoms with van der Waals surface area (Å²) >= 11 is 0. The second-order valence-corrected chi connectivity index (χ2v) is 12.1. The highest BCUT2D eigenvalue weighted by Crippen LogP contribution is 2.25. The molecule has 10 heteroatoms. The molecule has 3 N–H and O–H groups in total. The van der Waals surface area contributed by atoms with Gasteiger partial charge in [0, 0.05) is 16.9 Å². The van der Waals surface area contributed by atoms with Gasteiger partial charge in [0.15, 0.2) is 0 Å². The van der Waals surface area contributed by atoms with Crippen molar-refractivity contribution < 1.29 is 21.6 Å². The number of hydrogen-bond donors (Lipinski definition) is 3. The lowest BCUT2D eigenvalue weighted by Crippen LogP contribution is -2.17. The number of para-hydroxylation sites is 2. The third-order valence-corrected chi connectivity index (χ3v) is 8.79. The third-order valence-electron chi connectivity index (χ3n) is 5.91. The van der Waals surface area contributed by atoms with E-state index in [-0.39, 0.29) is 15.4 Å². The molecular formula is C28H27N3O5S2. The summed E-state index contributed by atoms with van der Waals surface area (Å²) in [6.45, 7) is 5.29. The van der Waals surface area contributed by atoms with Crippen molar-refractivity contribution in [3.8, 4) is 0 Å². The molecule has 4 aromatic carbocycles. The van der Waals surface area contributed by atoms with E-state index in [4.69, 9.17) is 0 Å². The fourth-order valence-corrected chi connectivity index (χ4v) is 6.37. The van der Waals surface area contributed by atoms with Crippen LogP contribution in [0.4, 0.5) is 17.1 Å². The Bertz CT molecular complexity index is 1680. The van der Waals surface area contributed by atoms with Gasteiger partial charge in [-0.25, -0.2) is 16.8 Å². The lowest BCUT2D eigenvalue weighted by Gasteiger charge is -2.14. The van der Waals surface area contributed by atoms with Crippen LogP contribution in [0.2, 0.25) is 0 Å². The Morgan fingerprint density at radius 1 is 0.605 bits per heavy atom. The number of carbonyl (C=O) groups excluding carboxylic acids is 1. The van der Waals surface area contributed by atoms with Gasteiger partial charge in [-0.1, -0.05) is 42.5 Å². The average molecular weight is 550 g/mol. The van der Waals surface area contributed by atoms with Crippen LogP contribution in [-0.2, 0) is 20.0 Å². The van der Waals surface area contributed by atoms with E-state index in [2.05, 4.69) is 14.8 Å². The molecule has 0 bridgehead atoms. The Balaban J connectivity index is 1.51. The van der Waals surface area contributed by atoms with Gasteiger partial charge in [0.25, 0.3) is 26.0 Å². The maximum atomic E-state index is 13.0. The molecule has 0 saturated carbocycles. The quantitative estimate of drug-likeness (QED) is 0.269. The van der Waals surface area contributed by atoms with Crippen LogP contribution < -0.4 is 14.8 Å². The van der Waals surface area contributed by atoms with Crippen molar-refractivity contribution in [1.82, 2.24) is 0 Å². The summed E-state index contributed by atoms with van der Waals surface area (Å²) in [5.74, 6) is -0.537. The number of rotatable bonds is 8. The first-order valence-corrected chi connectivity index (χ1v) is 14.6. The summed E-state index contributed by atoms with van der Waals surface area (Å²) in [5.41, 5.74) is 3.51. The normalized spacial score (nSPS) is 11.6. The molecule has 0 unspecified atom stereocenters. The zero-order chi connectivity index (χ0) is 27.5. The number of carbonyl (C=O) groups is 1. The zero-order valence-electron chi connectivity index (χ0n) is 21.0. The van der Waals surface area contributed by atoms with Gasteiger partial charge in [-0.2, -0.15) is 0 Å². The van der Waals surface area contributed by atoms with Crippen molar-refractivity contribution in [1.29, 1.82) is 0 Å². The molecule has 0 aliphatic carbocycles. The molecule has 0 aliphatic rings. The van der Waals surface area contributed by atoms with Crippen molar-refractivity contribution in [3.05, 3.63) is 113 Å². The second kappa shape index (κ2) is 10.7. The zero-order valence-corrected chi connectivity index (χ0v) is 22.7. The molecule has 0 aliphatic heterocycles. The van der Waals surface area contributed by atoms with Crippen molar-refractivity contribution in [2.75, 3.05) is 14.8 Å². The Labute approximate surface area is 222 Å². The predicted molar refractivity (Wildman–Crippen MR) is 150 cm³/mol. The van der Waals surface area contributed by atoms with E-state index in [0.717, 1.165) is 11.1 Å². The van der Waals surface area contributed by atoms with E-state index in [1.807, 2.05) is 32.0 Å². The first kappa shape index (κ1) is 26.9. The van der Waals surface area contributed by atoms with Crippen molar-refractivity contribution in [2.24, 2.45) is 0 Å². The first-order chi connectivity index (χ1) is 18.0. The molecule has 196 valence electrons. The molecule has 0 aromatic heterocycles. The van der Waals surface area contributed by atoms with Gasteiger partial charge in [0.1, 0.15) is 0 Å². The highest BCUT2D eigenvalue weighted by molar-refractivity contribution is 7.93. The molecule has 1 amide bonds. The fourth-order valence-electron chi connectivity index (χ4n) is 3.84. The third kappa shape index (κ3) is 6.04. The first-order valence-electron chi connectivity index (χ1n) is 11.7. The smallest absolute Gasteiger partial charge is 0.262 e. The maximum Gasteiger partial charge on any atom is 0.262 e. The van der Waals surface area contributed by atoms with Crippen LogP contribution >= 0.6 is 0 Å². The minimum absolute atomic E-state index is 0.0204. The molecule has 0 spiro atoms. The minimum atomic E-state index is -3.93. The Hall–Kier alpha value is -4.15. The van der Waals surface area contributed by atoms with E-state index >= 15 is 0 Å². The predicted octanol–water partition coefficient (Wildman–Crippen LogP) is 5.47. The molecule has 38 heavy (non-hydrogen) atoms. The Kier molecular flexibility index (Phi) is 7.56. The Morgan fingerprint density at radius 3 is 1.87 bits per heavy atom. The van der Waals surface area contributed by atoms with Crippen LogP contribution in [0.15, 0.2) is 101 Å². The van der Waals surface area contributed by atoms with Crippen molar-refractivity contribution >= 4 is 43.0 Å². The largest absolute Gasteiger partial charge is 0.322 e. The highest BCUT2D eigenvalue weighted by atomic mass is 32.2. The van der Waals surface area contributed by atoms with Gasteiger partial charge in [-0.15, -0.1) is 0 Å². The van der Waals surface area contributed by atoms with E-state index < -0.39 is 26.0 Å². The fraction of sp³-hybridized carbons (Fsp3) is 0.107. The second-order valence-electron chi connectivity index (χ2n) is 8.80. The van der Waals surface area contributed by atoms with Crippen LogP contribution in [0, 0.1) is 20.8 Å². The van der Waals surface area contributed by atoms with Crippen LogP contribution in [0.3, 0.4) is 0 Å². The molecule has 4 aromatic rings. The molecule has 8 nitrogen and oxygen atoms in total. The monoisotopic (exact) mass is 549 g/mol. The van der Waals surface area contributed by atoms with E-state index in [0.29, 0.717) is 22.6 Å². The van der Waals surface area contributed by atoms with Gasteiger partial charge in [-0.05, 0) is 86.0 Å². The summed E-state index contributed by atoms with van der Waals surface area (Å²) in [6.07, 6.45) is 0. The van der Waals surface area contributed by atoms with Gasteiger partial charge in [-0.3, -0.25) is 14.2 Å². The van der Waals surface area contributed by atoms with Gasteiger partial charge >= 0.3 is 0 Å². The molecule has 0 radical (unpaired) electrons. The van der Waals surface area contributed by atoms with Gasteiger partial charge < -0.3 is 5.32 Å². The van der Waals surface area contributed by atoms with E-state index in [1.54, 1.807) is 43.3 Å². The number of benzene rings is 4. The molecule has 0 atom stereocenters. The van der Waals surface area contributed by atoms with Crippen LogP contribution in [0.5, 0.6) is 0 Å². The summed E-state index contributed by atoms with van der Waals surface area (Å²) in [6, 6.07) is 24.1. The highest BCUT2D eigenvalue weighted by Gasteiger charge is 2.20. The van der Waals surface area contributed by atoms with Crippen LogP contribution in [0.1, 0.15) is 27.0 Å². The molecule has 0 heterocycles. The standard InChI is InChI=1S/C28H27N3O5S2/c1-19-12-13-22(18-26(19)38(35,36)30-24-10-5-4-6-11-24)28(32)29-23-14-16-25(17-15-23)37(33,34)31-27-20(2)8-7-9-21(27)3/h4-18,30-31H,1-3H3,(H,29,32). The number of anilines is 3. The van der Waals surface area contributed by atoms with Crippen molar-refractivity contribution in [2.45, 2.75) is 30.6 Å². The topological polar surface area (TPSA) is 121 Å². The number of sulfonamides is 2. The van der Waals surface area contributed by atoms with Crippen molar-refractivity contribution in [3.63, 3.8) is 0 Å². The summed E-state index contributed by atoms with van der Waals surface area (Å²) in [4.78, 5) is 12.9. The molecule has 0 saturated heterocycles. The van der Waals surface area contributed by atoms with Crippen LogP contribution in [-0.4, -0.2) is 22.7 Å².